The summed E-state index contributed by atoms with van der Waals surface area (Å²) in [5, 5.41) is 0. The Morgan fingerprint density at radius 2 is 2.00 bits per heavy atom. The molecule has 0 aliphatic carbocycles. The van der Waals surface area contributed by atoms with Crippen molar-refractivity contribution in [1.82, 2.24) is 19.5 Å². The molecular weight excluding hydrogens is 418 g/mol. The molecule has 1 fully saturated rings. The highest BCUT2D eigenvalue weighted by Crippen LogP contribution is 2.33. The quantitative estimate of drug-likeness (QED) is 0.602. The summed E-state index contributed by atoms with van der Waals surface area (Å²) in [7, 11) is 0. The van der Waals surface area contributed by atoms with Crippen LogP contribution in [0.2, 0.25) is 0 Å². The number of piperidine rings is 1. The van der Waals surface area contributed by atoms with Gasteiger partial charge in [0.2, 0.25) is 5.95 Å². The van der Waals surface area contributed by atoms with E-state index in [4.69, 9.17) is 11.5 Å². The number of benzene rings is 1. The number of hydrogen-bond acceptors (Lipinski definition) is 6. The lowest BCUT2D eigenvalue weighted by molar-refractivity contribution is -0.137. The zero-order valence-corrected chi connectivity index (χ0v) is 16.2. The second kappa shape index (κ2) is 7.76. The van der Waals surface area contributed by atoms with E-state index in [9.17, 15) is 22.4 Å². The van der Waals surface area contributed by atoms with E-state index in [1.807, 2.05) is 0 Å². The number of carbonyl (C=O) groups excluding carboxylic acids is 1. The highest BCUT2D eigenvalue weighted by Gasteiger charge is 2.33. The van der Waals surface area contributed by atoms with Crippen molar-refractivity contribution in [3.63, 3.8) is 0 Å². The molecule has 0 radical (unpaired) electrons. The zero-order chi connectivity index (χ0) is 22.3. The Morgan fingerprint density at radius 3 is 2.61 bits per heavy atom. The van der Waals surface area contributed by atoms with Crippen LogP contribution in [0.15, 0.2) is 30.6 Å². The predicted octanol–water partition coefficient (Wildman–Crippen LogP) is 1.87. The molecule has 12 heteroatoms. The van der Waals surface area contributed by atoms with Crippen LogP contribution in [-0.4, -0.2) is 50.7 Å². The molecule has 1 aliphatic heterocycles. The van der Waals surface area contributed by atoms with E-state index in [1.165, 1.54) is 18.5 Å². The zero-order valence-electron chi connectivity index (χ0n) is 16.2. The molecule has 0 unspecified atom stereocenters. The van der Waals surface area contributed by atoms with E-state index in [2.05, 4.69) is 15.0 Å². The molecule has 1 amide bonds. The first kappa shape index (κ1) is 21.0. The van der Waals surface area contributed by atoms with Crippen molar-refractivity contribution in [3.8, 4) is 0 Å². The number of nitrogens with zero attached hydrogens (tertiary/aromatic N) is 5. The third kappa shape index (κ3) is 4.15. The standard InChI is InChI=1S/C19H19F4N7O/c20-12-3-4-29(9-13(12)24)18-28-14-2-1-10(19(21,22)23)5-16(14)30(18)8-11-6-27-15(7-26-11)17(25)31/h1-2,5-7,12-13H,3-4,8-9,24H2,(H2,25,31)/t12-,13-/m1/s1. The number of carbonyl (C=O) groups is 1. The van der Waals surface area contributed by atoms with Crippen molar-refractivity contribution >= 4 is 22.9 Å². The molecular formula is C19H19F4N7O. The van der Waals surface area contributed by atoms with Gasteiger partial charge in [0.05, 0.1) is 47.3 Å². The lowest BCUT2D eigenvalue weighted by Crippen LogP contribution is -2.50. The maximum Gasteiger partial charge on any atom is 0.416 e. The first-order chi connectivity index (χ1) is 14.6. The second-order valence-electron chi connectivity index (χ2n) is 7.37. The van der Waals surface area contributed by atoms with Crippen molar-refractivity contribution in [2.45, 2.75) is 31.4 Å². The summed E-state index contributed by atoms with van der Waals surface area (Å²) in [6.45, 7) is 0.517. The van der Waals surface area contributed by atoms with Gasteiger partial charge < -0.3 is 20.9 Å². The number of amides is 1. The van der Waals surface area contributed by atoms with Crippen molar-refractivity contribution in [1.29, 1.82) is 0 Å². The number of alkyl halides is 4. The second-order valence-corrected chi connectivity index (χ2v) is 7.37. The van der Waals surface area contributed by atoms with Gasteiger partial charge in [-0.05, 0) is 24.6 Å². The van der Waals surface area contributed by atoms with Gasteiger partial charge in [0.1, 0.15) is 11.9 Å². The molecule has 4 rings (SSSR count). The molecule has 1 aromatic carbocycles. The first-order valence-electron chi connectivity index (χ1n) is 9.46. The fourth-order valence-corrected chi connectivity index (χ4v) is 3.54. The van der Waals surface area contributed by atoms with Crippen LogP contribution in [0.3, 0.4) is 0 Å². The Bertz CT molecular complexity index is 1110. The van der Waals surface area contributed by atoms with Gasteiger partial charge in [-0.15, -0.1) is 0 Å². The normalized spacial score (nSPS) is 19.7. The van der Waals surface area contributed by atoms with Gasteiger partial charge in [0.15, 0.2) is 0 Å². The molecule has 3 aromatic rings. The maximum absolute atomic E-state index is 13.8. The summed E-state index contributed by atoms with van der Waals surface area (Å²) < 4.78 is 55.3. The highest BCUT2D eigenvalue weighted by atomic mass is 19.4. The molecule has 1 aliphatic rings. The van der Waals surface area contributed by atoms with Crippen molar-refractivity contribution in [2.24, 2.45) is 11.5 Å². The van der Waals surface area contributed by atoms with Crippen molar-refractivity contribution in [2.75, 3.05) is 18.0 Å². The van der Waals surface area contributed by atoms with Crippen molar-refractivity contribution in [3.05, 3.63) is 47.5 Å². The molecule has 8 nitrogen and oxygen atoms in total. The van der Waals surface area contributed by atoms with Crippen LogP contribution in [0.1, 0.15) is 28.2 Å². The SMILES string of the molecule is NC(=O)c1cnc(Cn2c(N3CC[C@@H](F)[C@H](N)C3)nc3ccc(C(F)(F)F)cc32)cn1. The smallest absolute Gasteiger partial charge is 0.364 e. The molecule has 2 aromatic heterocycles. The number of rotatable bonds is 4. The summed E-state index contributed by atoms with van der Waals surface area (Å²) in [4.78, 5) is 25.5. The number of hydrogen-bond donors (Lipinski definition) is 2. The Morgan fingerprint density at radius 1 is 1.23 bits per heavy atom. The van der Waals surface area contributed by atoms with E-state index in [0.717, 1.165) is 12.1 Å². The van der Waals surface area contributed by atoms with Gasteiger partial charge in [0, 0.05) is 13.1 Å². The fourth-order valence-electron chi connectivity index (χ4n) is 3.54. The maximum atomic E-state index is 13.8. The molecule has 0 spiro atoms. The van der Waals surface area contributed by atoms with E-state index in [0.29, 0.717) is 23.7 Å². The Labute approximate surface area is 173 Å². The molecule has 1 saturated heterocycles. The van der Waals surface area contributed by atoms with Gasteiger partial charge in [0.25, 0.3) is 5.91 Å². The summed E-state index contributed by atoms with van der Waals surface area (Å²) in [5.41, 5.74) is 11.1. The minimum atomic E-state index is -4.53. The van der Waals surface area contributed by atoms with Crippen LogP contribution in [0.4, 0.5) is 23.5 Å². The molecule has 31 heavy (non-hydrogen) atoms. The fraction of sp³-hybridized carbons (Fsp3) is 0.368. The largest absolute Gasteiger partial charge is 0.416 e. The highest BCUT2D eigenvalue weighted by molar-refractivity contribution is 5.90. The lowest BCUT2D eigenvalue weighted by atomic mass is 10.1. The first-order valence-corrected chi connectivity index (χ1v) is 9.46. The van der Waals surface area contributed by atoms with Crippen LogP contribution in [0.25, 0.3) is 11.0 Å². The Hall–Kier alpha value is -3.28. The van der Waals surface area contributed by atoms with E-state index in [1.54, 1.807) is 9.47 Å². The number of imidazole rings is 1. The summed E-state index contributed by atoms with van der Waals surface area (Å²) in [6.07, 6.45) is -2.98. The van der Waals surface area contributed by atoms with E-state index < -0.39 is 29.9 Å². The van der Waals surface area contributed by atoms with Crippen LogP contribution >= 0.6 is 0 Å². The molecule has 3 heterocycles. The number of halogens is 4. The lowest BCUT2D eigenvalue weighted by Gasteiger charge is -2.34. The molecule has 4 N–H and O–H groups in total. The molecule has 164 valence electrons. The minimum Gasteiger partial charge on any atom is -0.364 e. The number of fused-ring (bicyclic) bond motifs is 1. The van der Waals surface area contributed by atoms with Gasteiger partial charge >= 0.3 is 6.18 Å². The third-order valence-electron chi connectivity index (χ3n) is 5.19. The van der Waals surface area contributed by atoms with Crippen molar-refractivity contribution < 1.29 is 22.4 Å². The Balaban J connectivity index is 1.79. The van der Waals surface area contributed by atoms with Crippen LogP contribution in [0.5, 0.6) is 0 Å². The predicted molar refractivity (Wildman–Crippen MR) is 104 cm³/mol. The van der Waals surface area contributed by atoms with Crippen LogP contribution in [0, 0.1) is 0 Å². The van der Waals surface area contributed by atoms with E-state index in [-0.39, 0.29) is 30.7 Å². The minimum absolute atomic E-state index is 0.0317. The van der Waals surface area contributed by atoms with E-state index >= 15 is 0 Å². The molecule has 0 saturated carbocycles. The van der Waals surface area contributed by atoms with Gasteiger partial charge in [-0.3, -0.25) is 9.78 Å². The number of aromatic nitrogens is 4. The number of anilines is 1. The summed E-state index contributed by atoms with van der Waals surface area (Å²) >= 11 is 0. The average Bonchev–Trinajstić information content (AvgIpc) is 3.07. The topological polar surface area (TPSA) is 116 Å². The summed E-state index contributed by atoms with van der Waals surface area (Å²) in [5.74, 6) is -0.386. The van der Waals surface area contributed by atoms with Crippen LogP contribution in [-0.2, 0) is 12.7 Å². The third-order valence-corrected chi connectivity index (χ3v) is 5.19. The number of nitrogens with two attached hydrogens (primary N) is 2. The molecule has 2 atom stereocenters. The van der Waals surface area contributed by atoms with Gasteiger partial charge in [-0.1, -0.05) is 0 Å². The Kier molecular flexibility index (Phi) is 5.25. The monoisotopic (exact) mass is 437 g/mol. The van der Waals surface area contributed by atoms with Gasteiger partial charge in [-0.2, -0.15) is 13.2 Å². The summed E-state index contributed by atoms with van der Waals surface area (Å²) in [6, 6.07) is 2.54. The number of primary amides is 1. The average molecular weight is 437 g/mol. The van der Waals surface area contributed by atoms with Gasteiger partial charge in [-0.25, -0.2) is 14.4 Å². The molecule has 0 bridgehead atoms. The van der Waals surface area contributed by atoms with Crippen LogP contribution < -0.4 is 16.4 Å².